The normalized spacial score (nSPS) is 9.85. The number of carboxylic acid groups (broad SMARTS) is 1. The van der Waals surface area contributed by atoms with Crippen molar-refractivity contribution in [3.8, 4) is 17.6 Å². The van der Waals surface area contributed by atoms with Crippen LogP contribution >= 0.6 is 0 Å². The van der Waals surface area contributed by atoms with Crippen LogP contribution in [0.15, 0.2) is 36.4 Å². The molecule has 0 aromatic heterocycles. The van der Waals surface area contributed by atoms with Crippen LogP contribution in [0.3, 0.4) is 0 Å². The molecule has 0 atom stereocenters. The van der Waals surface area contributed by atoms with Gasteiger partial charge in [0, 0.05) is 0 Å². The van der Waals surface area contributed by atoms with Crippen LogP contribution in [-0.2, 0) is 0 Å². The molecular formula is C16H13NO3. The average molecular weight is 267 g/mol. The minimum Gasteiger partial charge on any atom is -0.478 e. The number of carbonyl (C=O) groups is 1. The Labute approximate surface area is 116 Å². The van der Waals surface area contributed by atoms with E-state index < -0.39 is 5.97 Å². The number of aryl methyl sites for hydroxylation is 2. The summed E-state index contributed by atoms with van der Waals surface area (Å²) in [7, 11) is 0. The SMILES string of the molecule is Cc1cc(C#N)cc(C)c1Oc1ccc(C(=O)O)cc1. The third-order valence-corrected chi connectivity index (χ3v) is 2.91. The minimum atomic E-state index is -0.970. The van der Waals surface area contributed by atoms with Gasteiger partial charge in [0.1, 0.15) is 11.5 Å². The molecule has 100 valence electrons. The maximum atomic E-state index is 10.8. The number of hydrogen-bond acceptors (Lipinski definition) is 3. The number of benzene rings is 2. The second kappa shape index (κ2) is 5.45. The number of hydrogen-bond donors (Lipinski definition) is 1. The number of nitrogens with zero attached hydrogens (tertiary/aromatic N) is 1. The zero-order chi connectivity index (χ0) is 14.7. The quantitative estimate of drug-likeness (QED) is 0.921. The van der Waals surface area contributed by atoms with Gasteiger partial charge < -0.3 is 9.84 Å². The number of nitriles is 1. The van der Waals surface area contributed by atoms with Crippen molar-refractivity contribution < 1.29 is 14.6 Å². The van der Waals surface area contributed by atoms with Gasteiger partial charge in [0.05, 0.1) is 17.2 Å². The van der Waals surface area contributed by atoms with Crippen molar-refractivity contribution in [3.63, 3.8) is 0 Å². The van der Waals surface area contributed by atoms with E-state index in [0.717, 1.165) is 11.1 Å². The van der Waals surface area contributed by atoms with E-state index in [-0.39, 0.29) is 5.56 Å². The summed E-state index contributed by atoms with van der Waals surface area (Å²) in [6.45, 7) is 3.74. The molecule has 1 N–H and O–H groups in total. The maximum Gasteiger partial charge on any atom is 0.335 e. The van der Waals surface area contributed by atoms with Crippen molar-refractivity contribution in [2.45, 2.75) is 13.8 Å². The molecule has 2 rings (SSSR count). The maximum absolute atomic E-state index is 10.8. The zero-order valence-corrected chi connectivity index (χ0v) is 11.2. The predicted molar refractivity (Wildman–Crippen MR) is 74.1 cm³/mol. The molecule has 0 saturated carbocycles. The lowest BCUT2D eigenvalue weighted by Crippen LogP contribution is -1.96. The van der Waals surface area contributed by atoms with Gasteiger partial charge in [-0.05, 0) is 61.4 Å². The van der Waals surface area contributed by atoms with Gasteiger partial charge in [-0.15, -0.1) is 0 Å². The van der Waals surface area contributed by atoms with Gasteiger partial charge in [0.2, 0.25) is 0 Å². The summed E-state index contributed by atoms with van der Waals surface area (Å²) >= 11 is 0. The molecule has 0 aliphatic rings. The van der Waals surface area contributed by atoms with Crippen molar-refractivity contribution in [2.75, 3.05) is 0 Å². The molecule has 0 aliphatic heterocycles. The molecule has 4 nitrogen and oxygen atoms in total. The fourth-order valence-electron chi connectivity index (χ4n) is 1.96. The van der Waals surface area contributed by atoms with Crippen molar-refractivity contribution >= 4 is 5.97 Å². The molecule has 20 heavy (non-hydrogen) atoms. The first-order chi connectivity index (χ1) is 9.51. The lowest BCUT2D eigenvalue weighted by atomic mass is 10.1. The molecule has 0 fully saturated rings. The Kier molecular flexibility index (Phi) is 3.72. The Morgan fingerprint density at radius 2 is 1.70 bits per heavy atom. The third kappa shape index (κ3) is 2.78. The van der Waals surface area contributed by atoms with Gasteiger partial charge in [-0.2, -0.15) is 5.26 Å². The van der Waals surface area contributed by atoms with Crippen LogP contribution in [0, 0.1) is 25.2 Å². The highest BCUT2D eigenvalue weighted by molar-refractivity contribution is 5.87. The van der Waals surface area contributed by atoms with Crippen LogP contribution < -0.4 is 4.74 Å². The lowest BCUT2D eigenvalue weighted by molar-refractivity contribution is 0.0697. The van der Waals surface area contributed by atoms with E-state index in [0.29, 0.717) is 17.1 Å². The van der Waals surface area contributed by atoms with Gasteiger partial charge in [0.25, 0.3) is 0 Å². The monoisotopic (exact) mass is 267 g/mol. The van der Waals surface area contributed by atoms with Gasteiger partial charge in [-0.25, -0.2) is 4.79 Å². The minimum absolute atomic E-state index is 0.214. The van der Waals surface area contributed by atoms with Crippen LogP contribution in [0.1, 0.15) is 27.0 Å². The Morgan fingerprint density at radius 3 is 2.15 bits per heavy atom. The summed E-state index contributed by atoms with van der Waals surface area (Å²) in [5.74, 6) is 0.278. The molecule has 0 bridgehead atoms. The standard InChI is InChI=1S/C16H13NO3/c1-10-7-12(9-17)8-11(2)15(10)20-14-5-3-13(4-6-14)16(18)19/h3-8H,1-2H3,(H,18,19). The molecule has 0 radical (unpaired) electrons. The van der Waals surface area contributed by atoms with Crippen LogP contribution in [0.2, 0.25) is 0 Å². The first-order valence-corrected chi connectivity index (χ1v) is 6.04. The second-order valence-electron chi connectivity index (χ2n) is 4.48. The summed E-state index contributed by atoms with van der Waals surface area (Å²) in [5.41, 5.74) is 2.53. The number of ether oxygens (including phenoxy) is 1. The third-order valence-electron chi connectivity index (χ3n) is 2.91. The number of aromatic carboxylic acids is 1. The Balaban J connectivity index is 2.31. The molecule has 0 heterocycles. The molecule has 0 amide bonds. The molecule has 0 aliphatic carbocycles. The van der Waals surface area contributed by atoms with E-state index in [1.807, 2.05) is 13.8 Å². The van der Waals surface area contributed by atoms with E-state index in [9.17, 15) is 4.79 Å². The van der Waals surface area contributed by atoms with Crippen molar-refractivity contribution in [1.29, 1.82) is 5.26 Å². The predicted octanol–water partition coefficient (Wildman–Crippen LogP) is 3.67. The molecule has 2 aromatic rings. The van der Waals surface area contributed by atoms with Gasteiger partial charge in [0.15, 0.2) is 0 Å². The highest BCUT2D eigenvalue weighted by Crippen LogP contribution is 2.29. The highest BCUT2D eigenvalue weighted by atomic mass is 16.5. The fourth-order valence-corrected chi connectivity index (χ4v) is 1.96. The van der Waals surface area contributed by atoms with Gasteiger partial charge in [-0.3, -0.25) is 0 Å². The van der Waals surface area contributed by atoms with E-state index in [4.69, 9.17) is 15.1 Å². The molecule has 0 unspecified atom stereocenters. The number of carboxylic acids is 1. The summed E-state index contributed by atoms with van der Waals surface area (Å²) in [4.78, 5) is 10.8. The van der Waals surface area contributed by atoms with E-state index in [1.54, 1.807) is 24.3 Å². The van der Waals surface area contributed by atoms with Gasteiger partial charge >= 0.3 is 5.97 Å². The Bertz CT molecular complexity index is 674. The zero-order valence-electron chi connectivity index (χ0n) is 11.2. The molecule has 2 aromatic carbocycles. The molecule has 0 saturated heterocycles. The summed E-state index contributed by atoms with van der Waals surface area (Å²) < 4.78 is 5.77. The van der Waals surface area contributed by atoms with Crippen LogP contribution in [0.5, 0.6) is 11.5 Å². The van der Waals surface area contributed by atoms with E-state index >= 15 is 0 Å². The highest BCUT2D eigenvalue weighted by Gasteiger charge is 2.08. The van der Waals surface area contributed by atoms with E-state index in [1.165, 1.54) is 12.1 Å². The first-order valence-electron chi connectivity index (χ1n) is 6.04. The molecule has 0 spiro atoms. The van der Waals surface area contributed by atoms with Crippen LogP contribution in [0.25, 0.3) is 0 Å². The number of rotatable bonds is 3. The fraction of sp³-hybridized carbons (Fsp3) is 0.125. The van der Waals surface area contributed by atoms with Crippen molar-refractivity contribution in [3.05, 3.63) is 58.7 Å². The van der Waals surface area contributed by atoms with E-state index in [2.05, 4.69) is 6.07 Å². The topological polar surface area (TPSA) is 70.3 Å². The van der Waals surface area contributed by atoms with Crippen molar-refractivity contribution in [1.82, 2.24) is 0 Å². The van der Waals surface area contributed by atoms with Crippen LogP contribution in [-0.4, -0.2) is 11.1 Å². The largest absolute Gasteiger partial charge is 0.478 e. The summed E-state index contributed by atoms with van der Waals surface area (Å²) in [6, 6.07) is 11.8. The molecule has 4 heteroatoms. The van der Waals surface area contributed by atoms with Crippen molar-refractivity contribution in [2.24, 2.45) is 0 Å². The van der Waals surface area contributed by atoms with Gasteiger partial charge in [-0.1, -0.05) is 0 Å². The molecular weight excluding hydrogens is 254 g/mol. The van der Waals surface area contributed by atoms with Crippen LogP contribution in [0.4, 0.5) is 0 Å². The lowest BCUT2D eigenvalue weighted by Gasteiger charge is -2.12. The Morgan fingerprint density at radius 1 is 1.15 bits per heavy atom. The first kappa shape index (κ1) is 13.6. The smallest absolute Gasteiger partial charge is 0.335 e. The Hall–Kier alpha value is -2.80. The second-order valence-corrected chi connectivity index (χ2v) is 4.48. The summed E-state index contributed by atoms with van der Waals surface area (Å²) in [5, 5.41) is 17.7. The summed E-state index contributed by atoms with van der Waals surface area (Å²) in [6.07, 6.45) is 0. The average Bonchev–Trinajstić information content (AvgIpc) is 2.43.